The van der Waals surface area contributed by atoms with Crippen molar-refractivity contribution in [2.75, 3.05) is 26.5 Å². The third kappa shape index (κ3) is 3.81. The number of nitrogens with one attached hydrogen (secondary N) is 1. The Hall–Kier alpha value is -4.13. The third-order valence-electron chi connectivity index (χ3n) is 6.52. The molecule has 1 amide bonds. The van der Waals surface area contributed by atoms with E-state index < -0.39 is 12.2 Å². The highest BCUT2D eigenvalue weighted by Crippen LogP contribution is 2.55. The molecule has 0 bridgehead atoms. The van der Waals surface area contributed by atoms with E-state index in [9.17, 15) is 9.90 Å². The predicted molar refractivity (Wildman–Crippen MR) is 140 cm³/mol. The lowest BCUT2D eigenvalue weighted by Gasteiger charge is -2.37. The van der Waals surface area contributed by atoms with Crippen LogP contribution in [0.2, 0.25) is 0 Å². The second-order valence-corrected chi connectivity index (χ2v) is 9.91. The van der Waals surface area contributed by atoms with Crippen molar-refractivity contribution in [3.05, 3.63) is 71.3 Å². The summed E-state index contributed by atoms with van der Waals surface area (Å²) in [4.78, 5) is 13.9. The number of carbonyl (C=O) groups is 1. The number of hydrogen-bond donors (Lipinski definition) is 2. The van der Waals surface area contributed by atoms with Gasteiger partial charge in [0.25, 0.3) is 0 Å². The summed E-state index contributed by atoms with van der Waals surface area (Å²) in [5.74, 6) is 1.38. The number of fused-ring (bicyclic) bond motifs is 5. The first-order valence-corrected chi connectivity index (χ1v) is 11.8. The second-order valence-electron chi connectivity index (χ2n) is 9.91. The summed E-state index contributed by atoms with van der Waals surface area (Å²) in [6, 6.07) is 14.8. The van der Waals surface area contributed by atoms with Gasteiger partial charge in [-0.05, 0) is 56.2 Å². The molecule has 5 rings (SSSR count). The number of methoxy groups -OCH3 is 1. The van der Waals surface area contributed by atoms with Crippen molar-refractivity contribution in [3.8, 4) is 34.1 Å². The highest BCUT2D eigenvalue weighted by Gasteiger charge is 2.37. The van der Waals surface area contributed by atoms with Gasteiger partial charge in [0.2, 0.25) is 0 Å². The number of benzene rings is 3. The van der Waals surface area contributed by atoms with Crippen LogP contribution in [-0.4, -0.2) is 42.8 Å². The fourth-order valence-corrected chi connectivity index (χ4v) is 5.13. The van der Waals surface area contributed by atoms with Crippen LogP contribution in [0.15, 0.2) is 54.6 Å². The van der Waals surface area contributed by atoms with Gasteiger partial charge in [-0.2, -0.15) is 0 Å². The van der Waals surface area contributed by atoms with Gasteiger partial charge in [-0.1, -0.05) is 30.3 Å². The van der Waals surface area contributed by atoms with E-state index in [0.717, 1.165) is 33.5 Å². The van der Waals surface area contributed by atoms with E-state index in [0.29, 0.717) is 22.8 Å². The first-order valence-electron chi connectivity index (χ1n) is 11.8. The molecular weight excluding hydrogens is 456 g/mol. The van der Waals surface area contributed by atoms with E-state index in [-0.39, 0.29) is 11.3 Å². The summed E-state index contributed by atoms with van der Waals surface area (Å²) in [6.45, 7) is 6.34. The topological polar surface area (TPSA) is 80.3 Å². The lowest BCUT2D eigenvalue weighted by molar-refractivity contribution is 0.169. The maximum Gasteiger partial charge on any atom is 0.414 e. The summed E-state index contributed by atoms with van der Waals surface area (Å²) in [5, 5.41) is 14.2. The van der Waals surface area contributed by atoms with Gasteiger partial charge in [-0.15, -0.1) is 0 Å². The fourth-order valence-electron chi connectivity index (χ4n) is 5.13. The molecule has 0 radical (unpaired) electrons. The number of carbonyl (C=O) groups excluding carboxylic acids is 1. The van der Waals surface area contributed by atoms with Gasteiger partial charge in [0.1, 0.15) is 11.5 Å². The Labute approximate surface area is 210 Å². The molecule has 2 N–H and O–H groups in total. The maximum absolute atomic E-state index is 12.5. The van der Waals surface area contributed by atoms with Gasteiger partial charge in [-0.25, -0.2) is 4.79 Å². The van der Waals surface area contributed by atoms with Crippen LogP contribution in [0.4, 0.5) is 10.5 Å². The average molecular weight is 487 g/mol. The molecule has 36 heavy (non-hydrogen) atoms. The number of nitrogens with zero attached hydrogens (tertiary/aromatic N) is 1. The zero-order valence-electron chi connectivity index (χ0n) is 21.3. The van der Waals surface area contributed by atoms with Crippen LogP contribution >= 0.6 is 0 Å². The Balaban J connectivity index is 1.80. The van der Waals surface area contributed by atoms with Gasteiger partial charge in [-0.3, -0.25) is 0 Å². The predicted octanol–water partition coefficient (Wildman–Crippen LogP) is 6.22. The summed E-state index contributed by atoms with van der Waals surface area (Å²) in [7, 11) is 4.82. The maximum atomic E-state index is 12.5. The number of hydrogen-bond acceptors (Lipinski definition) is 6. The SMILES string of the molecule is COc1c(O)ccc2c1-c1ccc3c(c1C(c1ccccc1OC(=O)N(C)C)O2)C(C)=CC(C)(C)N3. The monoisotopic (exact) mass is 486 g/mol. The number of rotatable bonds is 3. The Morgan fingerprint density at radius 2 is 1.83 bits per heavy atom. The summed E-state index contributed by atoms with van der Waals surface area (Å²) in [5.41, 5.74) is 6.09. The van der Waals surface area contributed by atoms with Crippen molar-refractivity contribution in [1.29, 1.82) is 0 Å². The summed E-state index contributed by atoms with van der Waals surface area (Å²) < 4.78 is 18.0. The molecule has 0 aliphatic carbocycles. The quantitative estimate of drug-likeness (QED) is 0.458. The number of allylic oxidation sites excluding steroid dienone is 1. The number of amides is 1. The first kappa shape index (κ1) is 23.6. The number of ether oxygens (including phenoxy) is 3. The van der Waals surface area contributed by atoms with Gasteiger partial charge in [0.05, 0.1) is 18.2 Å². The van der Waals surface area contributed by atoms with Crippen LogP contribution in [0.5, 0.6) is 23.0 Å². The van der Waals surface area contributed by atoms with Crippen LogP contribution in [0.25, 0.3) is 16.7 Å². The van der Waals surface area contributed by atoms with Crippen molar-refractivity contribution in [3.63, 3.8) is 0 Å². The van der Waals surface area contributed by atoms with Crippen LogP contribution in [-0.2, 0) is 0 Å². The lowest BCUT2D eigenvalue weighted by Crippen LogP contribution is -2.32. The number of phenolic OH excluding ortho intramolecular Hbond substituents is 1. The van der Waals surface area contributed by atoms with Crippen LogP contribution in [0.3, 0.4) is 0 Å². The van der Waals surface area contributed by atoms with Crippen molar-refractivity contribution < 1.29 is 24.1 Å². The minimum Gasteiger partial charge on any atom is -0.504 e. The molecule has 3 aromatic rings. The molecule has 186 valence electrons. The summed E-state index contributed by atoms with van der Waals surface area (Å²) >= 11 is 0. The molecule has 3 aromatic carbocycles. The Kier molecular flexibility index (Phi) is 5.58. The molecule has 1 unspecified atom stereocenters. The average Bonchev–Trinajstić information content (AvgIpc) is 2.82. The second kappa shape index (κ2) is 8.52. The first-order chi connectivity index (χ1) is 17.1. The smallest absolute Gasteiger partial charge is 0.414 e. The molecule has 0 aromatic heterocycles. The van der Waals surface area contributed by atoms with Crippen molar-refractivity contribution >= 4 is 17.4 Å². The Bertz CT molecular complexity index is 1410. The van der Waals surface area contributed by atoms with E-state index in [1.807, 2.05) is 24.3 Å². The normalized spacial score (nSPS) is 16.8. The van der Waals surface area contributed by atoms with Crippen LogP contribution < -0.4 is 19.5 Å². The minimum absolute atomic E-state index is 0.0359. The van der Waals surface area contributed by atoms with E-state index >= 15 is 0 Å². The number of phenols is 1. The molecule has 0 spiro atoms. The molecule has 7 heteroatoms. The summed E-state index contributed by atoms with van der Waals surface area (Å²) in [6.07, 6.45) is 1.15. The van der Waals surface area contributed by atoms with Gasteiger partial charge < -0.3 is 29.5 Å². The molecule has 2 aliphatic heterocycles. The van der Waals surface area contributed by atoms with Gasteiger partial charge in [0.15, 0.2) is 17.6 Å². The third-order valence-corrected chi connectivity index (χ3v) is 6.52. The molecule has 7 nitrogen and oxygen atoms in total. The number of aromatic hydroxyl groups is 1. The van der Waals surface area contributed by atoms with Crippen molar-refractivity contribution in [2.45, 2.75) is 32.4 Å². The van der Waals surface area contributed by atoms with Gasteiger partial charge >= 0.3 is 6.09 Å². The number of anilines is 1. The molecular formula is C29H30N2O5. The highest BCUT2D eigenvalue weighted by molar-refractivity contribution is 5.92. The Morgan fingerprint density at radius 3 is 2.56 bits per heavy atom. The van der Waals surface area contributed by atoms with E-state index in [1.54, 1.807) is 32.3 Å². The zero-order chi connectivity index (χ0) is 25.8. The largest absolute Gasteiger partial charge is 0.504 e. The lowest BCUT2D eigenvalue weighted by atomic mass is 9.80. The van der Waals surface area contributed by atoms with E-state index in [2.05, 4.69) is 38.2 Å². The zero-order valence-corrected chi connectivity index (χ0v) is 21.3. The standard InChI is InChI=1S/C29H30N2O5/c1-16-15-29(2,3)30-19-12-11-18-24-22(14-13-20(32)27(24)34-6)35-26(25(18)23(16)19)17-9-7-8-10-21(17)36-28(33)31(4)5/h7-15,26,30,32H,1-6H3. The molecule has 0 fully saturated rings. The molecule has 1 atom stereocenters. The molecule has 2 heterocycles. The van der Waals surface area contributed by atoms with Gasteiger partial charge in [0, 0.05) is 36.5 Å². The molecule has 0 saturated heterocycles. The van der Waals surface area contributed by atoms with Crippen molar-refractivity contribution in [1.82, 2.24) is 4.90 Å². The minimum atomic E-state index is -0.575. The molecule has 0 saturated carbocycles. The van der Waals surface area contributed by atoms with Crippen LogP contribution in [0, 0.1) is 0 Å². The van der Waals surface area contributed by atoms with E-state index in [4.69, 9.17) is 14.2 Å². The number of para-hydroxylation sites is 1. The fraction of sp³-hybridized carbons (Fsp3) is 0.276. The van der Waals surface area contributed by atoms with Crippen LogP contribution in [0.1, 0.15) is 43.6 Å². The van der Waals surface area contributed by atoms with E-state index in [1.165, 1.54) is 12.0 Å². The van der Waals surface area contributed by atoms with Crippen molar-refractivity contribution in [2.24, 2.45) is 0 Å². The molecule has 2 aliphatic rings. The Morgan fingerprint density at radius 1 is 1.08 bits per heavy atom. The highest BCUT2D eigenvalue weighted by atomic mass is 16.6.